The number of rotatable bonds is 6. The SMILES string of the molecule is CCc1ccc(C#N)cc1.Cc1ccccc1C(=N)C(=O)NC(C(=O)NC1CCC1)C(C)(C)C. The summed E-state index contributed by atoms with van der Waals surface area (Å²) in [6, 6.07) is 16.6. The number of carbonyl (C=O) groups is 2. The summed E-state index contributed by atoms with van der Waals surface area (Å²) in [6.45, 7) is 9.70. The summed E-state index contributed by atoms with van der Waals surface area (Å²) >= 11 is 0. The molecule has 1 saturated carbocycles. The first-order valence-corrected chi connectivity index (χ1v) is 11.8. The molecule has 2 aromatic carbocycles. The van der Waals surface area contributed by atoms with Gasteiger partial charge in [-0.05, 0) is 61.3 Å². The predicted octanol–water partition coefficient (Wildman–Crippen LogP) is 4.68. The number of nitriles is 1. The van der Waals surface area contributed by atoms with Gasteiger partial charge in [0.05, 0.1) is 11.6 Å². The van der Waals surface area contributed by atoms with Crippen molar-refractivity contribution in [2.75, 3.05) is 0 Å². The van der Waals surface area contributed by atoms with Crippen molar-refractivity contribution >= 4 is 17.5 Å². The first-order chi connectivity index (χ1) is 16.1. The number of nitrogens with one attached hydrogen (secondary N) is 3. The van der Waals surface area contributed by atoms with Gasteiger partial charge >= 0.3 is 0 Å². The molecule has 0 saturated heterocycles. The Labute approximate surface area is 203 Å². The molecule has 1 aliphatic carbocycles. The van der Waals surface area contributed by atoms with Crippen LogP contribution in [-0.4, -0.2) is 29.6 Å². The number of benzene rings is 2. The Balaban J connectivity index is 0.000000340. The van der Waals surface area contributed by atoms with Gasteiger partial charge in [0.15, 0.2) is 0 Å². The van der Waals surface area contributed by atoms with Crippen LogP contribution < -0.4 is 10.6 Å². The Morgan fingerprint density at radius 2 is 1.74 bits per heavy atom. The fraction of sp³-hybridized carbons (Fsp3) is 0.429. The lowest BCUT2D eigenvalue weighted by molar-refractivity contribution is -0.130. The summed E-state index contributed by atoms with van der Waals surface area (Å²) in [5, 5.41) is 22.4. The summed E-state index contributed by atoms with van der Waals surface area (Å²) in [6.07, 6.45) is 4.16. The van der Waals surface area contributed by atoms with Crippen molar-refractivity contribution in [2.24, 2.45) is 5.41 Å². The smallest absolute Gasteiger partial charge is 0.270 e. The maximum atomic E-state index is 12.6. The van der Waals surface area contributed by atoms with Crippen molar-refractivity contribution in [3.05, 3.63) is 70.8 Å². The Kier molecular flexibility index (Phi) is 9.56. The van der Waals surface area contributed by atoms with E-state index >= 15 is 0 Å². The van der Waals surface area contributed by atoms with E-state index in [4.69, 9.17) is 10.7 Å². The van der Waals surface area contributed by atoms with E-state index in [1.54, 1.807) is 12.1 Å². The molecule has 0 heterocycles. The molecule has 6 heteroatoms. The van der Waals surface area contributed by atoms with Gasteiger partial charge in [-0.2, -0.15) is 5.26 Å². The van der Waals surface area contributed by atoms with Crippen LogP contribution in [0.3, 0.4) is 0 Å². The van der Waals surface area contributed by atoms with Crippen LogP contribution in [0.4, 0.5) is 0 Å². The van der Waals surface area contributed by atoms with Crippen LogP contribution in [0.25, 0.3) is 0 Å². The molecule has 0 aromatic heterocycles. The van der Waals surface area contributed by atoms with Crippen LogP contribution in [0, 0.1) is 29.1 Å². The molecule has 0 aliphatic heterocycles. The summed E-state index contributed by atoms with van der Waals surface area (Å²) in [7, 11) is 0. The van der Waals surface area contributed by atoms with Crippen LogP contribution >= 0.6 is 0 Å². The molecule has 3 rings (SSSR count). The van der Waals surface area contributed by atoms with Crippen molar-refractivity contribution in [2.45, 2.75) is 72.4 Å². The zero-order chi connectivity index (χ0) is 25.3. The van der Waals surface area contributed by atoms with Gasteiger partial charge in [-0.1, -0.05) is 64.1 Å². The molecular weight excluding hydrogens is 424 g/mol. The molecule has 2 aromatic rings. The molecule has 0 radical (unpaired) electrons. The molecule has 1 atom stereocenters. The topological polar surface area (TPSA) is 106 Å². The number of carbonyl (C=O) groups excluding carboxylic acids is 2. The second-order valence-corrected chi connectivity index (χ2v) is 9.76. The van der Waals surface area contributed by atoms with Crippen molar-refractivity contribution in [3.8, 4) is 6.07 Å². The summed E-state index contributed by atoms with van der Waals surface area (Å²) in [5.74, 6) is -0.689. The zero-order valence-corrected chi connectivity index (χ0v) is 20.9. The largest absolute Gasteiger partial charge is 0.352 e. The van der Waals surface area contributed by atoms with E-state index in [0.29, 0.717) is 5.56 Å². The number of hydrogen-bond acceptors (Lipinski definition) is 4. The van der Waals surface area contributed by atoms with Crippen LogP contribution in [0.1, 0.15) is 69.2 Å². The minimum Gasteiger partial charge on any atom is -0.352 e. The van der Waals surface area contributed by atoms with E-state index in [-0.39, 0.29) is 17.7 Å². The van der Waals surface area contributed by atoms with Crippen LogP contribution in [-0.2, 0) is 16.0 Å². The number of aryl methyl sites for hydroxylation is 2. The summed E-state index contributed by atoms with van der Waals surface area (Å²) in [5.41, 5.74) is 2.91. The monoisotopic (exact) mass is 460 g/mol. The summed E-state index contributed by atoms with van der Waals surface area (Å²) in [4.78, 5) is 25.1. The number of hydrogen-bond donors (Lipinski definition) is 3. The fourth-order valence-corrected chi connectivity index (χ4v) is 3.51. The third kappa shape index (κ3) is 7.55. The van der Waals surface area contributed by atoms with Gasteiger partial charge in [-0.25, -0.2) is 0 Å². The Morgan fingerprint density at radius 3 is 2.21 bits per heavy atom. The maximum Gasteiger partial charge on any atom is 0.270 e. The zero-order valence-electron chi connectivity index (χ0n) is 20.9. The second kappa shape index (κ2) is 12.1. The normalized spacial score (nSPS) is 13.9. The van der Waals surface area contributed by atoms with E-state index in [1.165, 1.54) is 5.56 Å². The molecule has 3 N–H and O–H groups in total. The van der Waals surface area contributed by atoms with Crippen molar-refractivity contribution in [1.29, 1.82) is 10.7 Å². The third-order valence-corrected chi connectivity index (χ3v) is 5.99. The van der Waals surface area contributed by atoms with Crippen LogP contribution in [0.15, 0.2) is 48.5 Å². The molecule has 0 spiro atoms. The lowest BCUT2D eigenvalue weighted by atomic mass is 9.84. The van der Waals surface area contributed by atoms with Gasteiger partial charge in [0, 0.05) is 11.6 Å². The van der Waals surface area contributed by atoms with Crippen LogP contribution in [0.2, 0.25) is 0 Å². The fourth-order valence-electron chi connectivity index (χ4n) is 3.51. The first kappa shape index (κ1) is 26.8. The molecule has 2 amide bonds. The quantitative estimate of drug-likeness (QED) is 0.545. The Bertz CT molecular complexity index is 1040. The molecule has 6 nitrogen and oxygen atoms in total. The van der Waals surface area contributed by atoms with Gasteiger partial charge in [0.2, 0.25) is 5.91 Å². The lowest BCUT2D eigenvalue weighted by Gasteiger charge is -2.34. The van der Waals surface area contributed by atoms with Crippen molar-refractivity contribution < 1.29 is 9.59 Å². The van der Waals surface area contributed by atoms with E-state index in [9.17, 15) is 9.59 Å². The first-order valence-electron chi connectivity index (χ1n) is 11.8. The minimum absolute atomic E-state index is 0.112. The van der Waals surface area contributed by atoms with Crippen LogP contribution in [0.5, 0.6) is 0 Å². The Morgan fingerprint density at radius 1 is 1.12 bits per heavy atom. The molecule has 0 bridgehead atoms. The van der Waals surface area contributed by atoms with E-state index in [2.05, 4.69) is 23.6 Å². The molecular formula is C28H36N4O2. The molecule has 1 aliphatic rings. The van der Waals surface area contributed by atoms with Crippen molar-refractivity contribution in [1.82, 2.24) is 10.6 Å². The average molecular weight is 461 g/mol. The second-order valence-electron chi connectivity index (χ2n) is 9.76. The molecule has 1 unspecified atom stereocenters. The molecule has 34 heavy (non-hydrogen) atoms. The Hall–Kier alpha value is -3.46. The summed E-state index contributed by atoms with van der Waals surface area (Å²) < 4.78 is 0. The molecule has 1 fully saturated rings. The van der Waals surface area contributed by atoms with Gasteiger partial charge in [0.1, 0.15) is 11.8 Å². The van der Waals surface area contributed by atoms with Gasteiger partial charge in [0.25, 0.3) is 5.91 Å². The lowest BCUT2D eigenvalue weighted by Crippen LogP contribution is -2.57. The van der Waals surface area contributed by atoms with Gasteiger partial charge in [-0.15, -0.1) is 0 Å². The highest BCUT2D eigenvalue weighted by atomic mass is 16.2. The van der Waals surface area contributed by atoms with Gasteiger partial charge in [-0.3, -0.25) is 15.0 Å². The predicted molar refractivity (Wildman–Crippen MR) is 136 cm³/mol. The maximum absolute atomic E-state index is 12.6. The number of nitrogens with zero attached hydrogens (tertiary/aromatic N) is 1. The molecule has 180 valence electrons. The third-order valence-electron chi connectivity index (χ3n) is 5.99. The van der Waals surface area contributed by atoms with E-state index in [1.807, 2.05) is 64.1 Å². The highest BCUT2D eigenvalue weighted by molar-refractivity contribution is 6.44. The highest BCUT2D eigenvalue weighted by Crippen LogP contribution is 2.23. The van der Waals surface area contributed by atoms with E-state index in [0.717, 1.165) is 36.8 Å². The van der Waals surface area contributed by atoms with Crippen molar-refractivity contribution in [3.63, 3.8) is 0 Å². The van der Waals surface area contributed by atoms with E-state index < -0.39 is 17.4 Å². The number of amides is 2. The van der Waals surface area contributed by atoms with Gasteiger partial charge < -0.3 is 10.6 Å². The average Bonchev–Trinajstić information content (AvgIpc) is 2.79. The highest BCUT2D eigenvalue weighted by Gasteiger charge is 2.35. The minimum atomic E-state index is -0.671. The standard InChI is InChI=1S/C19H27N3O2.C9H9N/c1-12-8-5-6-11-14(12)15(20)17(23)22-16(19(2,3)4)18(24)21-13-9-7-10-13;1-2-8-3-5-9(7-10)6-4-8/h5-6,8,11,13,16,20H,7,9-10H2,1-4H3,(H,21,24)(H,22,23);3-6H,2H2,1H3.